The van der Waals surface area contributed by atoms with Crippen molar-refractivity contribution in [3.05, 3.63) is 73.1 Å². The number of nitrogens with zero attached hydrogens (tertiary/aromatic N) is 2. The van der Waals surface area contributed by atoms with Gasteiger partial charge in [-0.1, -0.05) is 31.2 Å². The fourth-order valence-electron chi connectivity index (χ4n) is 2.63. The molecule has 29 heavy (non-hydrogen) atoms. The van der Waals surface area contributed by atoms with Crippen molar-refractivity contribution in [3.63, 3.8) is 0 Å². The molecule has 2 unspecified atom stereocenters. The molecule has 0 saturated heterocycles. The first-order valence-electron chi connectivity index (χ1n) is 9.41. The van der Waals surface area contributed by atoms with Crippen molar-refractivity contribution in [2.24, 2.45) is 5.92 Å². The van der Waals surface area contributed by atoms with Crippen LogP contribution in [0.15, 0.2) is 78.0 Å². The number of rotatable bonds is 8. The number of carbonyl (C=O) groups is 2. The van der Waals surface area contributed by atoms with Crippen LogP contribution in [-0.2, 0) is 9.59 Å². The first-order chi connectivity index (χ1) is 14.0. The van der Waals surface area contributed by atoms with Crippen LogP contribution in [0.25, 0.3) is 0 Å². The standard InChI is InChI=1S/C22H24N4O2S/c1-16(15-29-20-10-4-3-5-11-20)21(27)24-18-8-6-9-19(14-18)25-22(28)17(2)26-13-7-12-23-26/h3-14,16-17H,15H2,1-2H3,(H,24,27)(H,25,28). The summed E-state index contributed by atoms with van der Waals surface area (Å²) in [6, 6.07) is 18.5. The molecule has 0 spiro atoms. The molecule has 7 heteroatoms. The van der Waals surface area contributed by atoms with Crippen LogP contribution >= 0.6 is 11.8 Å². The van der Waals surface area contributed by atoms with Crippen molar-refractivity contribution in [3.8, 4) is 0 Å². The number of hydrogen-bond donors (Lipinski definition) is 2. The van der Waals surface area contributed by atoms with Gasteiger partial charge in [0.1, 0.15) is 6.04 Å². The molecule has 2 amide bonds. The second-order valence-electron chi connectivity index (χ2n) is 6.75. The van der Waals surface area contributed by atoms with Gasteiger partial charge >= 0.3 is 0 Å². The van der Waals surface area contributed by atoms with E-state index in [0.29, 0.717) is 17.1 Å². The van der Waals surface area contributed by atoms with E-state index in [9.17, 15) is 9.59 Å². The van der Waals surface area contributed by atoms with Crippen molar-refractivity contribution in [1.82, 2.24) is 9.78 Å². The van der Waals surface area contributed by atoms with Crippen molar-refractivity contribution in [2.75, 3.05) is 16.4 Å². The van der Waals surface area contributed by atoms with Gasteiger partial charge in [-0.2, -0.15) is 5.10 Å². The number of nitrogens with one attached hydrogen (secondary N) is 2. The smallest absolute Gasteiger partial charge is 0.248 e. The SMILES string of the molecule is CC(CSc1ccccc1)C(=O)Nc1cccc(NC(=O)C(C)n2cccn2)c1. The molecule has 2 aromatic carbocycles. The number of hydrogen-bond acceptors (Lipinski definition) is 4. The minimum Gasteiger partial charge on any atom is -0.326 e. The fraction of sp³-hybridized carbons (Fsp3) is 0.227. The molecule has 6 nitrogen and oxygen atoms in total. The Morgan fingerprint density at radius 3 is 2.31 bits per heavy atom. The summed E-state index contributed by atoms with van der Waals surface area (Å²) in [6.45, 7) is 3.68. The third-order valence-corrected chi connectivity index (χ3v) is 5.66. The van der Waals surface area contributed by atoms with Gasteiger partial charge in [-0.25, -0.2) is 0 Å². The Morgan fingerprint density at radius 2 is 1.66 bits per heavy atom. The van der Waals surface area contributed by atoms with Crippen LogP contribution in [-0.4, -0.2) is 27.3 Å². The maximum atomic E-state index is 12.5. The summed E-state index contributed by atoms with van der Waals surface area (Å²) in [5, 5.41) is 9.88. The lowest BCUT2D eigenvalue weighted by molar-refractivity contribution is -0.119. The number of thioether (sulfide) groups is 1. The summed E-state index contributed by atoms with van der Waals surface area (Å²) in [4.78, 5) is 26.1. The van der Waals surface area contributed by atoms with Gasteiger partial charge < -0.3 is 10.6 Å². The Morgan fingerprint density at radius 1 is 0.966 bits per heavy atom. The Bertz CT molecular complexity index is 944. The molecule has 0 radical (unpaired) electrons. The molecule has 0 aliphatic rings. The highest BCUT2D eigenvalue weighted by atomic mass is 32.2. The summed E-state index contributed by atoms with van der Waals surface area (Å²) < 4.78 is 1.59. The van der Waals surface area contributed by atoms with Crippen molar-refractivity contribution < 1.29 is 9.59 Å². The molecule has 0 aliphatic carbocycles. The predicted octanol–water partition coefficient (Wildman–Crippen LogP) is 4.45. The highest BCUT2D eigenvalue weighted by molar-refractivity contribution is 7.99. The van der Waals surface area contributed by atoms with Gasteiger partial charge in [0, 0.05) is 40.3 Å². The molecule has 1 heterocycles. The van der Waals surface area contributed by atoms with Crippen LogP contribution < -0.4 is 10.6 Å². The normalized spacial score (nSPS) is 12.8. The Hall–Kier alpha value is -3.06. The lowest BCUT2D eigenvalue weighted by Crippen LogP contribution is -2.24. The Kier molecular flexibility index (Phi) is 7.08. The van der Waals surface area contributed by atoms with Crippen LogP contribution in [0, 0.1) is 5.92 Å². The summed E-state index contributed by atoms with van der Waals surface area (Å²) in [7, 11) is 0. The van der Waals surface area contributed by atoms with Crippen LogP contribution in [0.5, 0.6) is 0 Å². The highest BCUT2D eigenvalue weighted by Crippen LogP contribution is 2.22. The fourth-order valence-corrected chi connectivity index (χ4v) is 3.57. The van der Waals surface area contributed by atoms with E-state index < -0.39 is 6.04 Å². The number of aromatic nitrogens is 2. The Labute approximate surface area is 174 Å². The maximum Gasteiger partial charge on any atom is 0.248 e. The van der Waals surface area contributed by atoms with E-state index in [2.05, 4.69) is 15.7 Å². The quantitative estimate of drug-likeness (QED) is 0.540. The van der Waals surface area contributed by atoms with Crippen molar-refractivity contribution in [1.29, 1.82) is 0 Å². The summed E-state index contributed by atoms with van der Waals surface area (Å²) in [5.74, 6) is 0.304. The maximum absolute atomic E-state index is 12.5. The van der Waals surface area contributed by atoms with Crippen molar-refractivity contribution >= 4 is 35.0 Å². The molecular formula is C22H24N4O2S. The molecule has 0 saturated carbocycles. The molecular weight excluding hydrogens is 384 g/mol. The van der Waals surface area contributed by atoms with Crippen molar-refractivity contribution in [2.45, 2.75) is 24.8 Å². The van der Waals surface area contributed by atoms with Gasteiger partial charge in [-0.05, 0) is 43.3 Å². The molecule has 150 valence electrons. The highest BCUT2D eigenvalue weighted by Gasteiger charge is 2.16. The zero-order chi connectivity index (χ0) is 20.6. The zero-order valence-electron chi connectivity index (χ0n) is 16.4. The second-order valence-corrected chi connectivity index (χ2v) is 7.84. The lowest BCUT2D eigenvalue weighted by Gasteiger charge is -2.15. The number of amides is 2. The van der Waals surface area contributed by atoms with Crippen LogP contribution in [0.4, 0.5) is 11.4 Å². The van der Waals surface area contributed by atoms with E-state index in [-0.39, 0.29) is 17.7 Å². The number of anilines is 2. The molecule has 0 aliphatic heterocycles. The monoisotopic (exact) mass is 408 g/mol. The Balaban J connectivity index is 1.54. The molecule has 3 aromatic rings. The third-order valence-electron chi connectivity index (χ3n) is 4.39. The van der Waals surface area contributed by atoms with Crippen LogP contribution in [0.1, 0.15) is 19.9 Å². The van der Waals surface area contributed by atoms with Crippen LogP contribution in [0.3, 0.4) is 0 Å². The molecule has 0 fully saturated rings. The predicted molar refractivity (Wildman–Crippen MR) is 117 cm³/mol. The lowest BCUT2D eigenvalue weighted by atomic mass is 10.2. The van der Waals surface area contributed by atoms with E-state index in [1.165, 1.54) is 0 Å². The van der Waals surface area contributed by atoms with Gasteiger partial charge in [0.05, 0.1) is 0 Å². The molecule has 0 bridgehead atoms. The second kappa shape index (κ2) is 9.93. The first-order valence-corrected chi connectivity index (χ1v) is 10.4. The number of carbonyl (C=O) groups excluding carboxylic acids is 2. The molecule has 2 N–H and O–H groups in total. The van der Waals surface area contributed by atoms with Crippen LogP contribution in [0.2, 0.25) is 0 Å². The number of benzene rings is 2. The average molecular weight is 409 g/mol. The third kappa shape index (κ3) is 5.96. The minimum atomic E-state index is -0.432. The van der Waals surface area contributed by atoms with Gasteiger partial charge in [0.2, 0.25) is 11.8 Å². The largest absolute Gasteiger partial charge is 0.326 e. The van der Waals surface area contributed by atoms with Gasteiger partial charge in [0.25, 0.3) is 0 Å². The van der Waals surface area contributed by atoms with E-state index >= 15 is 0 Å². The van der Waals surface area contributed by atoms with E-state index in [4.69, 9.17) is 0 Å². The average Bonchev–Trinajstić information content (AvgIpc) is 3.27. The van der Waals surface area contributed by atoms with Gasteiger partial charge in [-0.15, -0.1) is 11.8 Å². The zero-order valence-corrected chi connectivity index (χ0v) is 17.2. The summed E-state index contributed by atoms with van der Waals surface area (Å²) >= 11 is 1.65. The van der Waals surface area contributed by atoms with E-state index in [0.717, 1.165) is 4.90 Å². The van der Waals surface area contributed by atoms with E-state index in [1.807, 2.05) is 43.3 Å². The topological polar surface area (TPSA) is 76.0 Å². The molecule has 1 aromatic heterocycles. The van der Waals surface area contributed by atoms with Gasteiger partial charge in [0.15, 0.2) is 0 Å². The first kappa shape index (κ1) is 20.7. The van der Waals surface area contributed by atoms with Gasteiger partial charge in [-0.3, -0.25) is 14.3 Å². The summed E-state index contributed by atoms with van der Waals surface area (Å²) in [6.07, 6.45) is 3.38. The minimum absolute atomic E-state index is 0.0539. The molecule has 2 atom stereocenters. The summed E-state index contributed by atoms with van der Waals surface area (Å²) in [5.41, 5.74) is 1.27. The van der Waals surface area contributed by atoms with E-state index in [1.54, 1.807) is 60.0 Å². The molecule has 3 rings (SSSR count).